The fourth-order valence-corrected chi connectivity index (χ4v) is 6.05. The molecule has 0 spiro atoms. The van der Waals surface area contributed by atoms with Crippen LogP contribution in [0.15, 0.2) is 42.5 Å². The van der Waals surface area contributed by atoms with E-state index in [1.165, 1.54) is 21.9 Å². The zero-order valence-electron chi connectivity index (χ0n) is 17.3. The molecule has 0 unspecified atom stereocenters. The van der Waals surface area contributed by atoms with E-state index >= 15 is 0 Å². The van der Waals surface area contributed by atoms with Gasteiger partial charge in [-0.25, -0.2) is 13.4 Å². The lowest BCUT2D eigenvalue weighted by molar-refractivity contribution is -0.121. The topological polar surface area (TPSA) is 70.6 Å². The highest BCUT2D eigenvalue weighted by Crippen LogP contribution is 2.34. The molecule has 158 valence electrons. The molecule has 3 aromatic rings. The lowest BCUT2D eigenvalue weighted by atomic mass is 10.1. The number of carbonyl (C=O) groups excluding carboxylic acids is 1. The Bertz CT molecular complexity index is 1190. The molecule has 1 amide bonds. The summed E-state index contributed by atoms with van der Waals surface area (Å²) in [4.78, 5) is 20.1. The number of hydrogen-bond acceptors (Lipinski definition) is 5. The normalized spacial score (nSPS) is 17.5. The Balaban J connectivity index is 1.77. The van der Waals surface area contributed by atoms with E-state index in [4.69, 9.17) is 4.98 Å². The summed E-state index contributed by atoms with van der Waals surface area (Å²) in [6.07, 6.45) is 2.38. The Morgan fingerprint density at radius 2 is 1.93 bits per heavy atom. The maximum Gasteiger partial charge on any atom is 0.247 e. The Morgan fingerprint density at radius 3 is 2.63 bits per heavy atom. The second-order valence-electron chi connectivity index (χ2n) is 7.79. The third-order valence-electron chi connectivity index (χ3n) is 5.67. The van der Waals surface area contributed by atoms with Crippen molar-refractivity contribution >= 4 is 42.6 Å². The number of rotatable bonds is 5. The molecule has 1 aliphatic rings. The molecule has 0 bridgehead atoms. The Kier molecular flexibility index (Phi) is 5.65. The number of sulfonamides is 1. The highest BCUT2D eigenvalue weighted by Gasteiger charge is 2.39. The molecular weight excluding hydrogens is 418 g/mol. The van der Waals surface area contributed by atoms with Gasteiger partial charge in [-0.3, -0.25) is 9.69 Å². The van der Waals surface area contributed by atoms with Crippen LogP contribution < -0.4 is 4.90 Å². The third-order valence-corrected chi connectivity index (χ3v) is 8.00. The molecule has 4 rings (SSSR count). The van der Waals surface area contributed by atoms with Gasteiger partial charge >= 0.3 is 0 Å². The third kappa shape index (κ3) is 3.99. The van der Waals surface area contributed by atoms with E-state index in [0.29, 0.717) is 31.1 Å². The van der Waals surface area contributed by atoms with Crippen LogP contribution in [0.4, 0.5) is 5.13 Å². The number of aryl methyl sites for hydroxylation is 2. The largest absolute Gasteiger partial charge is 0.282 e. The van der Waals surface area contributed by atoms with E-state index in [9.17, 15) is 13.2 Å². The average Bonchev–Trinajstić information content (AvgIpc) is 3.37. The van der Waals surface area contributed by atoms with Gasteiger partial charge in [0.05, 0.1) is 23.0 Å². The summed E-state index contributed by atoms with van der Waals surface area (Å²) < 4.78 is 26.8. The Labute approximate surface area is 181 Å². The summed E-state index contributed by atoms with van der Waals surface area (Å²) in [6.45, 7) is 4.81. The molecule has 1 saturated heterocycles. The molecule has 2 aromatic carbocycles. The molecule has 1 fully saturated rings. The van der Waals surface area contributed by atoms with Crippen LogP contribution in [0.2, 0.25) is 0 Å². The first-order valence-electron chi connectivity index (χ1n) is 9.94. The maximum absolute atomic E-state index is 13.6. The lowest BCUT2D eigenvalue weighted by Crippen LogP contribution is -2.47. The van der Waals surface area contributed by atoms with Crippen LogP contribution in [0.5, 0.6) is 0 Å². The van der Waals surface area contributed by atoms with Crippen molar-refractivity contribution < 1.29 is 13.2 Å². The van der Waals surface area contributed by atoms with E-state index < -0.39 is 16.1 Å². The van der Waals surface area contributed by atoms with Gasteiger partial charge < -0.3 is 0 Å². The quantitative estimate of drug-likeness (QED) is 0.600. The first-order valence-corrected chi connectivity index (χ1v) is 12.6. The van der Waals surface area contributed by atoms with E-state index in [1.54, 1.807) is 4.90 Å². The van der Waals surface area contributed by atoms with Crippen LogP contribution in [0.1, 0.15) is 29.5 Å². The minimum atomic E-state index is -3.45. The molecule has 2 heterocycles. The number of benzene rings is 2. The van der Waals surface area contributed by atoms with Crippen molar-refractivity contribution in [3.8, 4) is 0 Å². The number of thiazole rings is 1. The lowest BCUT2D eigenvalue weighted by Gasteiger charge is -2.27. The van der Waals surface area contributed by atoms with E-state index in [-0.39, 0.29) is 5.91 Å². The first-order chi connectivity index (χ1) is 14.3. The minimum Gasteiger partial charge on any atom is -0.282 e. The predicted octanol–water partition coefficient (Wildman–Crippen LogP) is 3.87. The van der Waals surface area contributed by atoms with E-state index in [0.717, 1.165) is 26.9 Å². The molecular formula is C22H25N3O3S2. The van der Waals surface area contributed by atoms with Gasteiger partial charge in [-0.05, 0) is 49.4 Å². The van der Waals surface area contributed by atoms with Gasteiger partial charge in [-0.2, -0.15) is 4.31 Å². The van der Waals surface area contributed by atoms with Gasteiger partial charge in [0.1, 0.15) is 6.04 Å². The number of fused-ring (bicyclic) bond motifs is 1. The molecule has 1 atom stereocenters. The monoisotopic (exact) mass is 443 g/mol. The molecule has 0 radical (unpaired) electrons. The van der Waals surface area contributed by atoms with Gasteiger partial charge in [-0.15, -0.1) is 0 Å². The summed E-state index contributed by atoms with van der Waals surface area (Å²) in [5, 5.41) is 0.605. The number of aromatic nitrogens is 1. The number of hydrogen-bond donors (Lipinski definition) is 0. The summed E-state index contributed by atoms with van der Waals surface area (Å²) in [6, 6.07) is 13.1. The second kappa shape index (κ2) is 8.09. The molecule has 6 nitrogen and oxygen atoms in total. The molecule has 1 aliphatic heterocycles. The van der Waals surface area contributed by atoms with Crippen LogP contribution in [-0.2, 0) is 21.4 Å². The van der Waals surface area contributed by atoms with Crippen LogP contribution in [0.25, 0.3) is 10.2 Å². The highest BCUT2D eigenvalue weighted by atomic mass is 32.2. The molecule has 0 N–H and O–H groups in total. The van der Waals surface area contributed by atoms with Gasteiger partial charge in [0.25, 0.3) is 0 Å². The van der Waals surface area contributed by atoms with Crippen molar-refractivity contribution in [1.29, 1.82) is 0 Å². The second-order valence-corrected chi connectivity index (χ2v) is 10.7. The highest BCUT2D eigenvalue weighted by molar-refractivity contribution is 7.88. The fraction of sp³-hybridized carbons (Fsp3) is 0.364. The number of carbonyl (C=O) groups is 1. The average molecular weight is 444 g/mol. The molecule has 30 heavy (non-hydrogen) atoms. The first kappa shape index (κ1) is 21.0. The van der Waals surface area contributed by atoms with Crippen LogP contribution in [0.3, 0.4) is 0 Å². The molecule has 0 saturated carbocycles. The fourth-order valence-electron chi connectivity index (χ4n) is 3.90. The minimum absolute atomic E-state index is 0.213. The molecule has 0 aliphatic carbocycles. The summed E-state index contributed by atoms with van der Waals surface area (Å²) in [7, 11) is -3.45. The summed E-state index contributed by atoms with van der Waals surface area (Å²) >= 11 is 1.47. The van der Waals surface area contributed by atoms with Gasteiger partial charge in [0.2, 0.25) is 15.9 Å². The number of anilines is 1. The zero-order chi connectivity index (χ0) is 21.5. The van der Waals surface area contributed by atoms with E-state index in [2.05, 4.69) is 6.07 Å². The van der Waals surface area contributed by atoms with Gasteiger partial charge in [-0.1, -0.05) is 47.7 Å². The van der Waals surface area contributed by atoms with E-state index in [1.807, 2.05) is 50.2 Å². The summed E-state index contributed by atoms with van der Waals surface area (Å²) in [5.74, 6) is -0.213. The predicted molar refractivity (Wildman–Crippen MR) is 121 cm³/mol. The van der Waals surface area contributed by atoms with Crippen molar-refractivity contribution in [2.45, 2.75) is 39.3 Å². The van der Waals surface area contributed by atoms with Gasteiger partial charge in [0, 0.05) is 6.54 Å². The van der Waals surface area contributed by atoms with Gasteiger partial charge in [0.15, 0.2) is 5.13 Å². The molecule has 1 aromatic heterocycles. The number of amides is 1. The van der Waals surface area contributed by atoms with Crippen LogP contribution in [-0.4, -0.2) is 42.5 Å². The van der Waals surface area contributed by atoms with Crippen molar-refractivity contribution in [3.05, 3.63) is 59.2 Å². The Hall–Kier alpha value is -2.29. The molecule has 8 heteroatoms. The Morgan fingerprint density at radius 1 is 1.20 bits per heavy atom. The number of nitrogens with zero attached hydrogens (tertiary/aromatic N) is 3. The summed E-state index contributed by atoms with van der Waals surface area (Å²) in [5.41, 5.74) is 4.12. The van der Waals surface area contributed by atoms with Crippen LogP contribution in [0, 0.1) is 13.8 Å². The van der Waals surface area contributed by atoms with Crippen molar-refractivity contribution in [2.75, 3.05) is 17.7 Å². The smallest absolute Gasteiger partial charge is 0.247 e. The standard InChI is InChI=1S/C22H25N3O3S2/c1-15-11-12-19-20(16(15)2)23-22(29-19)24(14-17-8-5-4-6-9-17)21(26)18-10-7-13-25(18)30(3,27)28/h4-6,8-9,11-12,18H,7,10,13-14H2,1-3H3/t18-/m0/s1. The van der Waals surface area contributed by atoms with Crippen molar-refractivity contribution in [2.24, 2.45) is 0 Å². The maximum atomic E-state index is 13.6. The van der Waals surface area contributed by atoms with Crippen molar-refractivity contribution in [3.63, 3.8) is 0 Å². The van der Waals surface area contributed by atoms with Crippen LogP contribution >= 0.6 is 11.3 Å². The van der Waals surface area contributed by atoms with Crippen molar-refractivity contribution in [1.82, 2.24) is 9.29 Å². The SMILES string of the molecule is Cc1ccc2sc(N(Cc3ccccc3)C(=O)[C@@H]3CCCN3S(C)(=O)=O)nc2c1C. The zero-order valence-corrected chi connectivity index (χ0v) is 19.0.